The van der Waals surface area contributed by atoms with Crippen molar-refractivity contribution in [3.63, 3.8) is 0 Å². The molecule has 3 rings (SSSR count). The fourth-order valence-corrected chi connectivity index (χ4v) is 4.45. The van der Waals surface area contributed by atoms with Crippen LogP contribution in [-0.2, 0) is 4.74 Å². The minimum atomic E-state index is 0.0716. The second-order valence-electron chi connectivity index (χ2n) is 6.94. The second kappa shape index (κ2) is 5.10. The molecule has 3 heteroatoms. The molecule has 0 aromatic carbocycles. The lowest BCUT2D eigenvalue weighted by Gasteiger charge is -2.45. The Labute approximate surface area is 111 Å². The summed E-state index contributed by atoms with van der Waals surface area (Å²) in [5, 5.41) is 0. The second-order valence-corrected chi connectivity index (χ2v) is 6.94. The molecule has 0 bridgehead atoms. The number of nitrogens with two attached hydrogens (primary N) is 1. The first-order chi connectivity index (χ1) is 8.66. The lowest BCUT2D eigenvalue weighted by molar-refractivity contribution is -0.0647. The molecule has 4 atom stereocenters. The Hall–Kier alpha value is -0.120. The SMILES string of the molecule is CC1CCCC(N)(CN2CCOC3CCCC32)C1. The van der Waals surface area contributed by atoms with E-state index < -0.39 is 0 Å². The van der Waals surface area contributed by atoms with E-state index in [-0.39, 0.29) is 5.54 Å². The Bertz CT molecular complexity index is 296. The van der Waals surface area contributed by atoms with Gasteiger partial charge in [-0.3, -0.25) is 4.90 Å². The molecule has 1 heterocycles. The number of fused-ring (bicyclic) bond motifs is 1. The van der Waals surface area contributed by atoms with E-state index in [2.05, 4.69) is 11.8 Å². The summed E-state index contributed by atoms with van der Waals surface area (Å²) in [6.07, 6.45) is 9.52. The molecule has 2 saturated carbocycles. The number of ether oxygens (including phenoxy) is 1. The van der Waals surface area contributed by atoms with E-state index in [1.807, 2.05) is 0 Å². The van der Waals surface area contributed by atoms with Gasteiger partial charge in [0.1, 0.15) is 0 Å². The Morgan fingerprint density at radius 1 is 1.28 bits per heavy atom. The summed E-state index contributed by atoms with van der Waals surface area (Å²) >= 11 is 0. The number of hydrogen-bond donors (Lipinski definition) is 1. The molecule has 3 nitrogen and oxygen atoms in total. The standard InChI is InChI=1S/C15H28N2O/c1-12-4-3-7-15(16,10-12)11-17-8-9-18-14-6-2-5-13(14)17/h12-14H,2-11,16H2,1H3. The zero-order chi connectivity index (χ0) is 12.6. The van der Waals surface area contributed by atoms with Crippen LogP contribution in [0.3, 0.4) is 0 Å². The Morgan fingerprint density at radius 2 is 2.17 bits per heavy atom. The van der Waals surface area contributed by atoms with Crippen LogP contribution in [0.1, 0.15) is 51.9 Å². The van der Waals surface area contributed by atoms with Crippen molar-refractivity contribution in [2.75, 3.05) is 19.7 Å². The summed E-state index contributed by atoms with van der Waals surface area (Å²) in [7, 11) is 0. The van der Waals surface area contributed by atoms with Gasteiger partial charge in [-0.25, -0.2) is 0 Å². The lowest BCUT2D eigenvalue weighted by Crippen LogP contribution is -2.58. The third-order valence-corrected chi connectivity index (χ3v) is 5.24. The Morgan fingerprint density at radius 3 is 3.00 bits per heavy atom. The molecule has 1 saturated heterocycles. The first-order valence-electron chi connectivity index (χ1n) is 7.81. The van der Waals surface area contributed by atoms with E-state index in [4.69, 9.17) is 10.5 Å². The van der Waals surface area contributed by atoms with E-state index in [1.165, 1.54) is 44.9 Å². The molecule has 4 unspecified atom stereocenters. The molecule has 1 aliphatic heterocycles. The summed E-state index contributed by atoms with van der Waals surface area (Å²) in [5.74, 6) is 0.809. The van der Waals surface area contributed by atoms with E-state index in [9.17, 15) is 0 Å². The highest BCUT2D eigenvalue weighted by Crippen LogP contribution is 2.35. The van der Waals surface area contributed by atoms with Gasteiger partial charge in [0.05, 0.1) is 12.7 Å². The van der Waals surface area contributed by atoms with E-state index in [1.54, 1.807) is 0 Å². The maximum atomic E-state index is 6.68. The van der Waals surface area contributed by atoms with Crippen LogP contribution in [-0.4, -0.2) is 42.3 Å². The van der Waals surface area contributed by atoms with Crippen molar-refractivity contribution in [1.82, 2.24) is 4.90 Å². The summed E-state index contributed by atoms with van der Waals surface area (Å²) < 4.78 is 5.89. The summed E-state index contributed by atoms with van der Waals surface area (Å²) in [4.78, 5) is 2.65. The van der Waals surface area contributed by atoms with Crippen LogP contribution in [0, 0.1) is 5.92 Å². The quantitative estimate of drug-likeness (QED) is 0.818. The van der Waals surface area contributed by atoms with Gasteiger partial charge in [0.25, 0.3) is 0 Å². The maximum absolute atomic E-state index is 6.68. The predicted octanol–water partition coefficient (Wildman–Crippen LogP) is 2.15. The van der Waals surface area contributed by atoms with Crippen LogP contribution in [0.25, 0.3) is 0 Å². The summed E-state index contributed by atoms with van der Waals surface area (Å²) in [5.41, 5.74) is 6.75. The van der Waals surface area contributed by atoms with Crippen molar-refractivity contribution in [3.05, 3.63) is 0 Å². The van der Waals surface area contributed by atoms with Crippen molar-refractivity contribution in [3.8, 4) is 0 Å². The monoisotopic (exact) mass is 252 g/mol. The van der Waals surface area contributed by atoms with Crippen LogP contribution < -0.4 is 5.73 Å². The Balaban J connectivity index is 1.64. The average Bonchev–Trinajstić information content (AvgIpc) is 2.77. The zero-order valence-corrected chi connectivity index (χ0v) is 11.7. The van der Waals surface area contributed by atoms with Crippen LogP contribution in [0.4, 0.5) is 0 Å². The van der Waals surface area contributed by atoms with Gasteiger partial charge in [-0.15, -0.1) is 0 Å². The minimum Gasteiger partial charge on any atom is -0.375 e. The number of nitrogens with zero attached hydrogens (tertiary/aromatic N) is 1. The lowest BCUT2D eigenvalue weighted by atomic mass is 9.76. The van der Waals surface area contributed by atoms with Gasteiger partial charge >= 0.3 is 0 Å². The predicted molar refractivity (Wildman–Crippen MR) is 73.5 cm³/mol. The van der Waals surface area contributed by atoms with Crippen molar-refractivity contribution in [1.29, 1.82) is 0 Å². The van der Waals surface area contributed by atoms with Crippen molar-refractivity contribution in [2.24, 2.45) is 11.7 Å². The molecule has 0 radical (unpaired) electrons. The molecular weight excluding hydrogens is 224 g/mol. The molecule has 0 amide bonds. The fraction of sp³-hybridized carbons (Fsp3) is 1.00. The van der Waals surface area contributed by atoms with Gasteiger partial charge in [-0.05, 0) is 38.0 Å². The third kappa shape index (κ3) is 2.59. The van der Waals surface area contributed by atoms with E-state index in [0.29, 0.717) is 12.1 Å². The third-order valence-electron chi connectivity index (χ3n) is 5.24. The molecule has 0 aromatic rings. The highest BCUT2D eigenvalue weighted by atomic mass is 16.5. The van der Waals surface area contributed by atoms with Crippen LogP contribution in [0.2, 0.25) is 0 Å². The zero-order valence-electron chi connectivity index (χ0n) is 11.7. The van der Waals surface area contributed by atoms with Crippen LogP contribution in [0.15, 0.2) is 0 Å². The Kier molecular flexibility index (Phi) is 3.65. The molecule has 18 heavy (non-hydrogen) atoms. The number of hydrogen-bond acceptors (Lipinski definition) is 3. The fourth-order valence-electron chi connectivity index (χ4n) is 4.45. The van der Waals surface area contributed by atoms with Gasteiger partial charge < -0.3 is 10.5 Å². The molecule has 104 valence electrons. The first-order valence-corrected chi connectivity index (χ1v) is 7.81. The summed E-state index contributed by atoms with van der Waals surface area (Å²) in [6.45, 7) is 5.46. The largest absolute Gasteiger partial charge is 0.375 e. The van der Waals surface area contributed by atoms with E-state index in [0.717, 1.165) is 25.6 Å². The molecule has 3 aliphatic rings. The maximum Gasteiger partial charge on any atom is 0.0730 e. The molecule has 0 spiro atoms. The molecule has 2 N–H and O–H groups in total. The van der Waals surface area contributed by atoms with Gasteiger partial charge in [0, 0.05) is 24.7 Å². The molecular formula is C15H28N2O. The van der Waals surface area contributed by atoms with Crippen molar-refractivity contribution in [2.45, 2.75) is 69.6 Å². The topological polar surface area (TPSA) is 38.5 Å². The smallest absolute Gasteiger partial charge is 0.0730 e. The van der Waals surface area contributed by atoms with Gasteiger partial charge in [0.15, 0.2) is 0 Å². The minimum absolute atomic E-state index is 0.0716. The van der Waals surface area contributed by atoms with E-state index >= 15 is 0 Å². The highest BCUT2D eigenvalue weighted by molar-refractivity contribution is 4.97. The highest BCUT2D eigenvalue weighted by Gasteiger charge is 2.40. The number of rotatable bonds is 2. The molecule has 3 fully saturated rings. The average molecular weight is 252 g/mol. The van der Waals surface area contributed by atoms with Crippen molar-refractivity contribution >= 4 is 0 Å². The van der Waals surface area contributed by atoms with Gasteiger partial charge in [-0.1, -0.05) is 19.8 Å². The molecule has 0 aromatic heterocycles. The number of morpholine rings is 1. The first kappa shape index (κ1) is 12.9. The molecule has 2 aliphatic carbocycles. The van der Waals surface area contributed by atoms with Gasteiger partial charge in [-0.2, -0.15) is 0 Å². The van der Waals surface area contributed by atoms with Crippen LogP contribution in [0.5, 0.6) is 0 Å². The normalized spacial score (nSPS) is 46.0. The van der Waals surface area contributed by atoms with Crippen molar-refractivity contribution < 1.29 is 4.74 Å². The van der Waals surface area contributed by atoms with Crippen LogP contribution >= 0.6 is 0 Å². The van der Waals surface area contributed by atoms with Gasteiger partial charge in [0.2, 0.25) is 0 Å². The summed E-state index contributed by atoms with van der Waals surface area (Å²) in [6, 6.07) is 0.663.